The lowest BCUT2D eigenvalue weighted by Gasteiger charge is -2.31. The molecule has 0 bridgehead atoms. The average molecular weight is 934 g/mol. The summed E-state index contributed by atoms with van der Waals surface area (Å²) >= 11 is 8.85. The molecule has 0 saturated carbocycles. The highest BCUT2D eigenvalue weighted by atomic mass is 35.5. The molecule has 0 aliphatic rings. The zero-order valence-electron chi connectivity index (χ0n) is 38.2. The number of hydrogen-bond acceptors (Lipinski definition) is 2. The SMILES string of the molecule is Clc1cccc(N(c2cc(Sc3cccc4c3c3ccccc3n4-c3ccccc3)cc(-c3ccccc3)c2)c2c(-c3cccc(-c4ccccc4)c3)cccc2-c2cccc(-c3ccccc3)c2)c1. The third-order valence-corrected chi connectivity index (χ3v) is 14.3. The van der Waals surface area contributed by atoms with Crippen molar-refractivity contribution in [3.05, 3.63) is 278 Å². The molecule has 1 aromatic heterocycles. The maximum Gasteiger partial charge on any atom is 0.0618 e. The highest BCUT2D eigenvalue weighted by molar-refractivity contribution is 7.99. The zero-order chi connectivity index (χ0) is 46.8. The highest BCUT2D eigenvalue weighted by Crippen LogP contribution is 2.50. The fraction of sp³-hybridized carbons (Fsp3) is 0. The van der Waals surface area contributed by atoms with Crippen LogP contribution in [0, 0.1) is 0 Å². The summed E-state index contributed by atoms with van der Waals surface area (Å²) in [6.07, 6.45) is 0. The number of nitrogens with zero attached hydrogens (tertiary/aromatic N) is 2. The first kappa shape index (κ1) is 43.0. The predicted octanol–water partition coefficient (Wildman–Crippen LogP) is 19.4. The Morgan fingerprint density at radius 3 is 1.47 bits per heavy atom. The van der Waals surface area contributed by atoms with E-state index in [1.807, 2.05) is 17.8 Å². The van der Waals surface area contributed by atoms with E-state index in [9.17, 15) is 0 Å². The molecule has 0 unspecified atom stereocenters. The van der Waals surface area contributed by atoms with Crippen LogP contribution in [-0.2, 0) is 0 Å². The van der Waals surface area contributed by atoms with Gasteiger partial charge in [-0.15, -0.1) is 0 Å². The molecule has 0 N–H and O–H groups in total. The van der Waals surface area contributed by atoms with Gasteiger partial charge in [-0.1, -0.05) is 217 Å². The van der Waals surface area contributed by atoms with E-state index in [0.29, 0.717) is 5.02 Å². The fourth-order valence-corrected chi connectivity index (χ4v) is 11.2. The number of fused-ring (bicyclic) bond motifs is 3. The van der Waals surface area contributed by atoms with Crippen molar-refractivity contribution in [2.75, 3.05) is 4.90 Å². The van der Waals surface area contributed by atoms with Crippen LogP contribution in [-0.4, -0.2) is 4.57 Å². The third kappa shape index (κ3) is 8.36. The summed E-state index contributed by atoms with van der Waals surface area (Å²) in [7, 11) is 0. The van der Waals surface area contributed by atoms with Gasteiger partial charge in [-0.25, -0.2) is 0 Å². The van der Waals surface area contributed by atoms with Crippen molar-refractivity contribution in [2.24, 2.45) is 0 Å². The van der Waals surface area contributed by atoms with Crippen molar-refractivity contribution in [1.82, 2.24) is 4.57 Å². The van der Waals surface area contributed by atoms with E-state index in [0.717, 1.165) is 72.2 Å². The number of aromatic nitrogens is 1. The van der Waals surface area contributed by atoms with E-state index in [1.165, 1.54) is 37.8 Å². The molecular weight excluding hydrogens is 888 g/mol. The molecule has 0 spiro atoms. The van der Waals surface area contributed by atoms with E-state index in [1.54, 1.807) is 0 Å². The van der Waals surface area contributed by atoms with Crippen molar-refractivity contribution in [2.45, 2.75) is 9.79 Å². The van der Waals surface area contributed by atoms with Gasteiger partial charge in [0.15, 0.2) is 0 Å². The summed E-state index contributed by atoms with van der Waals surface area (Å²) in [6.45, 7) is 0. The molecule has 12 aromatic rings. The smallest absolute Gasteiger partial charge is 0.0618 e. The second-order valence-corrected chi connectivity index (χ2v) is 19.0. The van der Waals surface area contributed by atoms with Gasteiger partial charge < -0.3 is 9.47 Å². The summed E-state index contributed by atoms with van der Waals surface area (Å²) in [6, 6.07) is 98.1. The van der Waals surface area contributed by atoms with Gasteiger partial charge >= 0.3 is 0 Å². The molecule has 12 rings (SSSR count). The first-order valence-electron chi connectivity index (χ1n) is 23.6. The minimum Gasteiger partial charge on any atom is -0.309 e. The summed E-state index contributed by atoms with van der Waals surface area (Å²) in [5, 5.41) is 3.11. The molecule has 0 aliphatic heterocycles. The standard InChI is InChI=1S/C66H45ClN2S/c67-54-30-17-33-56(44-54)68(66-59(51-28-15-26-49(40-51)46-20-5-1-6-21-46)35-18-36-60(66)52-29-16-27-50(41-52)47-22-7-2-8-23-47)57-42-53(48-24-9-3-10-25-48)43-58(45-57)70-64-39-19-38-63-65(64)61-34-13-14-37-62(61)69(63)55-31-11-4-12-32-55/h1-45H. The third-order valence-electron chi connectivity index (χ3n) is 13.0. The number of hydrogen-bond donors (Lipinski definition) is 0. The molecule has 4 heteroatoms. The maximum atomic E-state index is 7.04. The number of anilines is 3. The maximum absolute atomic E-state index is 7.04. The quantitative estimate of drug-likeness (QED) is 0.128. The van der Waals surface area contributed by atoms with Crippen LogP contribution >= 0.6 is 23.4 Å². The van der Waals surface area contributed by atoms with Crippen LogP contribution in [0.15, 0.2) is 283 Å². The van der Waals surface area contributed by atoms with Gasteiger partial charge in [-0.3, -0.25) is 0 Å². The van der Waals surface area contributed by atoms with Crippen LogP contribution in [0.25, 0.3) is 83.1 Å². The first-order valence-corrected chi connectivity index (χ1v) is 24.8. The molecule has 0 amide bonds. The Balaban J connectivity index is 1.11. The largest absolute Gasteiger partial charge is 0.309 e. The van der Waals surface area contributed by atoms with Gasteiger partial charge in [0, 0.05) is 53.8 Å². The van der Waals surface area contributed by atoms with E-state index in [-0.39, 0.29) is 0 Å². The second-order valence-electron chi connectivity index (χ2n) is 17.4. The van der Waals surface area contributed by atoms with E-state index >= 15 is 0 Å². The fourth-order valence-electron chi connectivity index (χ4n) is 9.89. The Morgan fingerprint density at radius 2 is 0.843 bits per heavy atom. The number of rotatable bonds is 11. The molecule has 0 aliphatic carbocycles. The van der Waals surface area contributed by atoms with E-state index in [2.05, 4.69) is 276 Å². The molecule has 0 atom stereocenters. The van der Waals surface area contributed by atoms with Crippen LogP contribution < -0.4 is 4.90 Å². The van der Waals surface area contributed by atoms with Crippen LogP contribution in [0.5, 0.6) is 0 Å². The molecule has 0 radical (unpaired) electrons. The molecule has 11 aromatic carbocycles. The Hall–Kier alpha value is -8.34. The highest BCUT2D eigenvalue weighted by Gasteiger charge is 2.25. The number of benzene rings is 11. The molecule has 1 heterocycles. The lowest BCUT2D eigenvalue weighted by Crippen LogP contribution is -2.13. The van der Waals surface area contributed by atoms with Crippen molar-refractivity contribution in [3.8, 4) is 61.3 Å². The van der Waals surface area contributed by atoms with Crippen LogP contribution in [0.2, 0.25) is 5.02 Å². The molecule has 70 heavy (non-hydrogen) atoms. The molecule has 0 fully saturated rings. The average Bonchev–Trinajstić information content (AvgIpc) is 3.77. The van der Waals surface area contributed by atoms with Gasteiger partial charge in [0.1, 0.15) is 0 Å². The van der Waals surface area contributed by atoms with Crippen LogP contribution in [0.1, 0.15) is 0 Å². The first-order chi connectivity index (χ1) is 34.6. The summed E-state index contributed by atoms with van der Waals surface area (Å²) in [5.74, 6) is 0. The Bertz CT molecular complexity index is 3710. The Morgan fingerprint density at radius 1 is 0.343 bits per heavy atom. The number of para-hydroxylation sites is 3. The molecule has 332 valence electrons. The molecular formula is C66H45ClN2S. The second kappa shape index (κ2) is 19.0. The lowest BCUT2D eigenvalue weighted by molar-refractivity contribution is 1.18. The predicted molar refractivity (Wildman–Crippen MR) is 298 cm³/mol. The minimum absolute atomic E-state index is 0.661. The van der Waals surface area contributed by atoms with E-state index < -0.39 is 0 Å². The zero-order valence-corrected chi connectivity index (χ0v) is 39.7. The minimum atomic E-state index is 0.661. The topological polar surface area (TPSA) is 8.17 Å². The van der Waals surface area contributed by atoms with Gasteiger partial charge in [0.05, 0.1) is 16.7 Å². The Labute approximate surface area is 418 Å². The molecule has 2 nitrogen and oxygen atoms in total. The van der Waals surface area contributed by atoms with Gasteiger partial charge in [-0.05, 0) is 123 Å². The van der Waals surface area contributed by atoms with Crippen molar-refractivity contribution < 1.29 is 0 Å². The number of halogens is 1. The van der Waals surface area contributed by atoms with Crippen molar-refractivity contribution >= 4 is 62.2 Å². The summed E-state index contributed by atoms with van der Waals surface area (Å²) in [5.41, 5.74) is 17.8. The normalized spacial score (nSPS) is 11.3. The molecule has 0 saturated heterocycles. The summed E-state index contributed by atoms with van der Waals surface area (Å²) < 4.78 is 2.39. The van der Waals surface area contributed by atoms with E-state index in [4.69, 9.17) is 11.6 Å². The van der Waals surface area contributed by atoms with Crippen LogP contribution in [0.3, 0.4) is 0 Å². The monoisotopic (exact) mass is 932 g/mol. The van der Waals surface area contributed by atoms with Gasteiger partial charge in [0.25, 0.3) is 0 Å². The lowest BCUT2D eigenvalue weighted by atomic mass is 9.91. The van der Waals surface area contributed by atoms with Gasteiger partial charge in [-0.2, -0.15) is 0 Å². The van der Waals surface area contributed by atoms with Crippen molar-refractivity contribution in [3.63, 3.8) is 0 Å². The Kier molecular flexibility index (Phi) is 11.7. The van der Waals surface area contributed by atoms with Gasteiger partial charge in [0.2, 0.25) is 0 Å². The van der Waals surface area contributed by atoms with Crippen LogP contribution in [0.4, 0.5) is 17.1 Å². The summed E-state index contributed by atoms with van der Waals surface area (Å²) in [4.78, 5) is 4.73. The van der Waals surface area contributed by atoms with Crippen molar-refractivity contribution in [1.29, 1.82) is 0 Å².